The molecule has 10 nitrogen and oxygen atoms in total. The number of methoxy groups -OCH3 is 2. The largest absolute Gasteiger partial charge is 0.465 e. The third-order valence-corrected chi connectivity index (χ3v) is 6.84. The molecule has 32 heavy (non-hydrogen) atoms. The summed E-state index contributed by atoms with van der Waals surface area (Å²) in [6, 6.07) is 0. The van der Waals surface area contributed by atoms with Gasteiger partial charge in [0.25, 0.3) is 11.8 Å². The molecule has 1 fully saturated rings. The van der Waals surface area contributed by atoms with Gasteiger partial charge in [-0.1, -0.05) is 5.16 Å². The predicted octanol–water partition coefficient (Wildman–Crippen LogP) is 2.34. The molecule has 3 heterocycles. The van der Waals surface area contributed by atoms with Crippen LogP contribution in [0.2, 0.25) is 0 Å². The molecule has 0 aliphatic carbocycles. The average molecular weight is 466 g/mol. The Kier molecular flexibility index (Phi) is 7.64. The van der Waals surface area contributed by atoms with Crippen molar-refractivity contribution >= 4 is 40.6 Å². The summed E-state index contributed by atoms with van der Waals surface area (Å²) in [6.07, 6.45) is 3.05. The van der Waals surface area contributed by atoms with E-state index in [1.807, 2.05) is 6.92 Å². The molecular weight excluding hydrogens is 436 g/mol. The van der Waals surface area contributed by atoms with E-state index in [2.05, 4.69) is 15.8 Å². The number of piperidine rings is 1. The van der Waals surface area contributed by atoms with E-state index in [1.54, 1.807) is 19.4 Å². The molecular formula is C21H29N4O6S+. The Morgan fingerprint density at radius 3 is 2.34 bits per heavy atom. The summed E-state index contributed by atoms with van der Waals surface area (Å²) in [5.74, 6) is -0.628. The number of ether oxygens (including phenoxy) is 2. The molecule has 1 saturated heterocycles. The van der Waals surface area contributed by atoms with E-state index < -0.39 is 5.97 Å². The normalized spacial score (nSPS) is 20.6. The van der Waals surface area contributed by atoms with Gasteiger partial charge in [0, 0.05) is 25.5 Å². The first kappa shape index (κ1) is 23.9. The number of nitrogens with zero attached hydrogens (tertiary/aromatic N) is 2. The van der Waals surface area contributed by atoms with Gasteiger partial charge < -0.3 is 29.1 Å². The third kappa shape index (κ3) is 5.53. The van der Waals surface area contributed by atoms with Crippen LogP contribution in [-0.4, -0.2) is 73.9 Å². The maximum absolute atomic E-state index is 13.0. The molecule has 3 rings (SSSR count). The second-order valence-electron chi connectivity index (χ2n) is 8.10. The number of carbonyl (C=O) groups excluding carboxylic acids is 3. The van der Waals surface area contributed by atoms with Gasteiger partial charge >= 0.3 is 5.97 Å². The average Bonchev–Trinajstić information content (AvgIpc) is 3.33. The van der Waals surface area contributed by atoms with Crippen LogP contribution >= 0.6 is 11.3 Å². The highest BCUT2D eigenvalue weighted by atomic mass is 32.1. The first-order valence-electron chi connectivity index (χ1n) is 10.3. The van der Waals surface area contributed by atoms with Crippen LogP contribution in [0.5, 0.6) is 0 Å². The standard InChI is InChI=1S/C21H28N4O6S/c1-13-11-31-24-20(13)23-17(27)10-25(7-5-15(29-3)6-8-25)9-16(26)22-18-14(2)12-32-19(18)21(28)30-4/h11-12,15H,5-10H2,1-4H3,(H-,22,23,24,26,27,28)/p+1. The van der Waals surface area contributed by atoms with Gasteiger partial charge in [-0.3, -0.25) is 9.59 Å². The highest BCUT2D eigenvalue weighted by molar-refractivity contribution is 7.12. The second-order valence-corrected chi connectivity index (χ2v) is 8.98. The fourth-order valence-electron chi connectivity index (χ4n) is 3.91. The van der Waals surface area contributed by atoms with Crippen molar-refractivity contribution in [3.05, 3.63) is 27.6 Å². The Balaban J connectivity index is 1.74. The van der Waals surface area contributed by atoms with Crippen LogP contribution in [0.4, 0.5) is 11.5 Å². The highest BCUT2D eigenvalue weighted by Crippen LogP contribution is 2.29. The minimum absolute atomic E-state index is 0.0948. The number of anilines is 2. The van der Waals surface area contributed by atoms with Gasteiger partial charge in [-0.05, 0) is 24.8 Å². The number of quaternary nitrogens is 1. The number of carbonyl (C=O) groups is 3. The van der Waals surface area contributed by atoms with E-state index in [0.29, 0.717) is 29.5 Å². The fourth-order valence-corrected chi connectivity index (χ4v) is 4.83. The Labute approximate surface area is 190 Å². The fraction of sp³-hybridized carbons (Fsp3) is 0.524. The number of thiophene rings is 1. The predicted molar refractivity (Wildman–Crippen MR) is 119 cm³/mol. The third-order valence-electron chi connectivity index (χ3n) is 5.76. The SMILES string of the molecule is COC(=O)c1scc(C)c1NC(=O)C[N+]1(CC(=O)Nc2nocc2C)CCC(OC)CC1. The maximum Gasteiger partial charge on any atom is 0.350 e. The van der Waals surface area contributed by atoms with Crippen molar-refractivity contribution in [2.45, 2.75) is 32.8 Å². The van der Waals surface area contributed by atoms with Gasteiger partial charge in [0.2, 0.25) is 0 Å². The lowest BCUT2D eigenvalue weighted by Gasteiger charge is -2.42. The van der Waals surface area contributed by atoms with E-state index in [9.17, 15) is 14.4 Å². The number of amides is 2. The molecule has 2 amide bonds. The van der Waals surface area contributed by atoms with Crippen LogP contribution in [0, 0.1) is 13.8 Å². The van der Waals surface area contributed by atoms with Gasteiger partial charge in [0.05, 0.1) is 32.0 Å². The lowest BCUT2D eigenvalue weighted by atomic mass is 10.0. The van der Waals surface area contributed by atoms with Crippen LogP contribution < -0.4 is 10.6 Å². The number of hydrogen-bond acceptors (Lipinski definition) is 8. The summed E-state index contributed by atoms with van der Waals surface area (Å²) in [5, 5.41) is 11.2. The number of aryl methyl sites for hydroxylation is 2. The molecule has 1 aliphatic heterocycles. The van der Waals surface area contributed by atoms with Crippen molar-refractivity contribution in [3.8, 4) is 0 Å². The van der Waals surface area contributed by atoms with E-state index in [-0.39, 0.29) is 35.5 Å². The molecule has 0 aromatic carbocycles. The first-order valence-corrected chi connectivity index (χ1v) is 11.2. The lowest BCUT2D eigenvalue weighted by molar-refractivity contribution is -0.918. The molecule has 2 aromatic rings. The van der Waals surface area contributed by atoms with Crippen molar-refractivity contribution in [3.63, 3.8) is 0 Å². The molecule has 0 atom stereocenters. The van der Waals surface area contributed by atoms with Crippen LogP contribution in [0.25, 0.3) is 0 Å². The minimum atomic E-state index is -0.495. The first-order chi connectivity index (χ1) is 15.3. The number of aromatic nitrogens is 1. The van der Waals surface area contributed by atoms with Crippen molar-refractivity contribution in [1.29, 1.82) is 0 Å². The number of likely N-dealkylation sites (tertiary alicyclic amines) is 1. The lowest BCUT2D eigenvalue weighted by Crippen LogP contribution is -2.60. The molecule has 2 aromatic heterocycles. The number of esters is 1. The van der Waals surface area contributed by atoms with Gasteiger partial charge in [-0.2, -0.15) is 0 Å². The van der Waals surface area contributed by atoms with Crippen LogP contribution in [-0.2, 0) is 19.1 Å². The molecule has 0 radical (unpaired) electrons. The van der Waals surface area contributed by atoms with Gasteiger partial charge in [-0.15, -0.1) is 11.3 Å². The molecule has 0 bridgehead atoms. The van der Waals surface area contributed by atoms with Crippen LogP contribution in [0.15, 0.2) is 16.2 Å². The molecule has 2 N–H and O–H groups in total. The number of rotatable bonds is 8. The zero-order valence-electron chi connectivity index (χ0n) is 18.7. The summed E-state index contributed by atoms with van der Waals surface area (Å²) in [6.45, 7) is 5.05. The maximum atomic E-state index is 13.0. The van der Waals surface area contributed by atoms with E-state index >= 15 is 0 Å². The molecule has 0 spiro atoms. The van der Waals surface area contributed by atoms with Crippen molar-refractivity contribution in [1.82, 2.24) is 5.16 Å². The second kappa shape index (κ2) is 10.2. The molecule has 0 unspecified atom stereocenters. The zero-order valence-corrected chi connectivity index (χ0v) is 19.5. The Hall–Kier alpha value is -2.76. The number of nitrogens with one attached hydrogen (secondary N) is 2. The monoisotopic (exact) mass is 465 g/mol. The number of hydrogen-bond donors (Lipinski definition) is 2. The van der Waals surface area contributed by atoms with E-state index in [4.69, 9.17) is 14.0 Å². The summed E-state index contributed by atoms with van der Waals surface area (Å²) in [5.41, 5.74) is 1.97. The summed E-state index contributed by atoms with van der Waals surface area (Å²) < 4.78 is 15.4. The zero-order chi connectivity index (χ0) is 23.3. The topological polar surface area (TPSA) is 120 Å². The Morgan fingerprint density at radius 2 is 1.78 bits per heavy atom. The minimum Gasteiger partial charge on any atom is -0.465 e. The summed E-state index contributed by atoms with van der Waals surface area (Å²) in [7, 11) is 2.98. The Bertz CT molecular complexity index is 977. The molecule has 0 saturated carbocycles. The molecule has 174 valence electrons. The molecule has 1 aliphatic rings. The van der Waals surface area contributed by atoms with Crippen molar-refractivity contribution < 1.29 is 32.9 Å². The van der Waals surface area contributed by atoms with Crippen molar-refractivity contribution in [2.24, 2.45) is 0 Å². The summed E-state index contributed by atoms with van der Waals surface area (Å²) >= 11 is 1.22. The molecule has 11 heteroatoms. The van der Waals surface area contributed by atoms with Crippen LogP contribution in [0.3, 0.4) is 0 Å². The van der Waals surface area contributed by atoms with Gasteiger partial charge in [0.1, 0.15) is 11.1 Å². The smallest absolute Gasteiger partial charge is 0.350 e. The Morgan fingerprint density at radius 1 is 1.12 bits per heavy atom. The summed E-state index contributed by atoms with van der Waals surface area (Å²) in [4.78, 5) is 38.2. The van der Waals surface area contributed by atoms with E-state index in [0.717, 1.165) is 24.0 Å². The highest BCUT2D eigenvalue weighted by Gasteiger charge is 2.38. The van der Waals surface area contributed by atoms with Gasteiger partial charge in [0.15, 0.2) is 18.9 Å². The van der Waals surface area contributed by atoms with Crippen LogP contribution in [0.1, 0.15) is 33.6 Å². The van der Waals surface area contributed by atoms with Gasteiger partial charge in [-0.25, -0.2) is 4.79 Å². The van der Waals surface area contributed by atoms with E-state index in [1.165, 1.54) is 24.7 Å². The quantitative estimate of drug-likeness (QED) is 0.454. The van der Waals surface area contributed by atoms with Crippen molar-refractivity contribution in [2.75, 3.05) is 51.0 Å².